The molecule has 0 aliphatic carbocycles. The number of rotatable bonds is 8. The van der Waals surface area contributed by atoms with E-state index in [4.69, 9.17) is 0 Å². The quantitative estimate of drug-likeness (QED) is 0.605. The Bertz CT molecular complexity index is 229. The van der Waals surface area contributed by atoms with Gasteiger partial charge < -0.3 is 15.3 Å². The molecule has 5 nitrogen and oxygen atoms in total. The lowest BCUT2D eigenvalue weighted by Gasteiger charge is -2.11. The predicted molar refractivity (Wildman–Crippen MR) is 62.1 cm³/mol. The summed E-state index contributed by atoms with van der Waals surface area (Å²) in [6.45, 7) is 2.83. The Morgan fingerprint density at radius 2 is 2.00 bits per heavy atom. The van der Waals surface area contributed by atoms with Crippen LogP contribution in [-0.2, 0) is 9.59 Å². The average molecular weight is 230 g/mol. The summed E-state index contributed by atoms with van der Waals surface area (Å²) in [5.74, 6) is -0.134. The van der Waals surface area contributed by atoms with E-state index in [9.17, 15) is 14.7 Å². The zero-order chi connectivity index (χ0) is 12.6. The lowest BCUT2D eigenvalue weighted by atomic mass is 10.1. The van der Waals surface area contributed by atoms with Gasteiger partial charge in [-0.05, 0) is 27.4 Å². The van der Waals surface area contributed by atoms with Crippen LogP contribution in [-0.4, -0.2) is 55.0 Å². The van der Waals surface area contributed by atoms with Crippen molar-refractivity contribution in [1.82, 2.24) is 10.2 Å². The van der Waals surface area contributed by atoms with Gasteiger partial charge in [0.15, 0.2) is 0 Å². The smallest absolute Gasteiger partial charge is 0.220 e. The second-order valence-corrected chi connectivity index (χ2v) is 4.25. The molecule has 5 heteroatoms. The summed E-state index contributed by atoms with van der Waals surface area (Å²) < 4.78 is 0. The Labute approximate surface area is 96.8 Å². The Hall–Kier alpha value is -0.940. The SMILES string of the molecule is CC(=O)CC(O)CCC(=O)NCCN(C)C. The number of amides is 1. The van der Waals surface area contributed by atoms with E-state index in [1.54, 1.807) is 0 Å². The average Bonchev–Trinajstić information content (AvgIpc) is 2.13. The van der Waals surface area contributed by atoms with Gasteiger partial charge in [0, 0.05) is 25.9 Å². The van der Waals surface area contributed by atoms with Gasteiger partial charge in [0.05, 0.1) is 6.10 Å². The molecule has 0 radical (unpaired) electrons. The highest BCUT2D eigenvalue weighted by Crippen LogP contribution is 2.02. The zero-order valence-corrected chi connectivity index (χ0v) is 10.3. The Balaban J connectivity index is 3.53. The van der Waals surface area contributed by atoms with Gasteiger partial charge in [-0.15, -0.1) is 0 Å². The molecule has 0 aromatic rings. The second kappa shape index (κ2) is 8.24. The molecule has 0 spiro atoms. The maximum atomic E-state index is 11.3. The monoisotopic (exact) mass is 230 g/mol. The molecule has 0 aromatic carbocycles. The minimum absolute atomic E-state index is 0.0551. The first-order valence-electron chi connectivity index (χ1n) is 5.50. The van der Waals surface area contributed by atoms with Crippen LogP contribution in [0.3, 0.4) is 0 Å². The molecule has 1 unspecified atom stereocenters. The van der Waals surface area contributed by atoms with Crippen molar-refractivity contribution in [3.63, 3.8) is 0 Å². The van der Waals surface area contributed by atoms with Crippen LogP contribution in [0.2, 0.25) is 0 Å². The lowest BCUT2D eigenvalue weighted by molar-refractivity contribution is -0.123. The summed E-state index contributed by atoms with van der Waals surface area (Å²) in [5, 5.41) is 12.1. The first kappa shape index (κ1) is 15.1. The van der Waals surface area contributed by atoms with Crippen molar-refractivity contribution in [1.29, 1.82) is 0 Å². The lowest BCUT2D eigenvalue weighted by Crippen LogP contribution is -2.31. The molecular weight excluding hydrogens is 208 g/mol. The number of hydrogen-bond donors (Lipinski definition) is 2. The molecule has 0 aliphatic heterocycles. The van der Waals surface area contributed by atoms with E-state index in [-0.39, 0.29) is 24.5 Å². The summed E-state index contributed by atoms with van der Waals surface area (Å²) >= 11 is 0. The largest absolute Gasteiger partial charge is 0.393 e. The predicted octanol–water partition coefficient (Wildman–Crippen LogP) is -0.216. The van der Waals surface area contributed by atoms with Crippen LogP contribution >= 0.6 is 0 Å². The summed E-state index contributed by atoms with van der Waals surface area (Å²) in [5.41, 5.74) is 0. The van der Waals surface area contributed by atoms with E-state index in [0.29, 0.717) is 13.0 Å². The van der Waals surface area contributed by atoms with Gasteiger partial charge >= 0.3 is 0 Å². The fourth-order valence-electron chi connectivity index (χ4n) is 1.24. The van der Waals surface area contributed by atoms with Crippen molar-refractivity contribution in [2.45, 2.75) is 32.3 Å². The van der Waals surface area contributed by atoms with E-state index in [1.807, 2.05) is 19.0 Å². The summed E-state index contributed by atoms with van der Waals surface area (Å²) in [6.07, 6.45) is 0.0392. The number of nitrogens with one attached hydrogen (secondary N) is 1. The molecule has 1 atom stereocenters. The van der Waals surface area contributed by atoms with Gasteiger partial charge in [0.1, 0.15) is 5.78 Å². The number of nitrogens with zero attached hydrogens (tertiary/aromatic N) is 1. The van der Waals surface area contributed by atoms with E-state index in [0.717, 1.165) is 6.54 Å². The maximum Gasteiger partial charge on any atom is 0.220 e. The Kier molecular flexibility index (Phi) is 7.76. The van der Waals surface area contributed by atoms with Gasteiger partial charge in [0.25, 0.3) is 0 Å². The van der Waals surface area contributed by atoms with Crippen molar-refractivity contribution in [3.8, 4) is 0 Å². The van der Waals surface area contributed by atoms with E-state index in [2.05, 4.69) is 5.32 Å². The number of carbonyl (C=O) groups is 2. The molecule has 0 aliphatic rings. The molecule has 16 heavy (non-hydrogen) atoms. The highest BCUT2D eigenvalue weighted by molar-refractivity contribution is 5.77. The maximum absolute atomic E-state index is 11.3. The minimum atomic E-state index is -0.697. The van der Waals surface area contributed by atoms with E-state index < -0.39 is 6.10 Å². The van der Waals surface area contributed by atoms with E-state index >= 15 is 0 Å². The number of ketones is 1. The molecule has 0 rings (SSSR count). The molecule has 0 saturated carbocycles. The Morgan fingerprint density at radius 1 is 1.38 bits per heavy atom. The molecule has 0 fully saturated rings. The first-order valence-corrected chi connectivity index (χ1v) is 5.50. The second-order valence-electron chi connectivity index (χ2n) is 4.25. The topological polar surface area (TPSA) is 69.6 Å². The number of Topliss-reactive ketones (excluding diaryl/α,β-unsaturated/α-hetero) is 1. The van der Waals surface area contributed by atoms with Gasteiger partial charge in [-0.2, -0.15) is 0 Å². The zero-order valence-electron chi connectivity index (χ0n) is 10.3. The summed E-state index contributed by atoms with van der Waals surface area (Å²) in [6, 6.07) is 0. The third-order valence-electron chi connectivity index (χ3n) is 2.11. The number of carbonyl (C=O) groups excluding carboxylic acids is 2. The van der Waals surface area contributed by atoms with Gasteiger partial charge in [-0.3, -0.25) is 9.59 Å². The normalized spacial score (nSPS) is 12.6. The number of likely N-dealkylation sites (N-methyl/N-ethyl adjacent to an activating group) is 1. The third kappa shape index (κ3) is 9.61. The third-order valence-corrected chi connectivity index (χ3v) is 2.11. The van der Waals surface area contributed by atoms with Crippen molar-refractivity contribution in [2.75, 3.05) is 27.2 Å². The van der Waals surface area contributed by atoms with Crippen LogP contribution in [0.4, 0.5) is 0 Å². The molecule has 0 bridgehead atoms. The van der Waals surface area contributed by atoms with E-state index in [1.165, 1.54) is 6.92 Å². The van der Waals surface area contributed by atoms with Gasteiger partial charge in [-0.1, -0.05) is 0 Å². The van der Waals surface area contributed by atoms with Crippen LogP contribution in [0.25, 0.3) is 0 Å². The fourth-order valence-corrected chi connectivity index (χ4v) is 1.24. The van der Waals surface area contributed by atoms with Crippen LogP contribution in [0.5, 0.6) is 0 Å². The molecular formula is C11H22N2O3. The molecule has 0 aromatic heterocycles. The number of hydrogen-bond acceptors (Lipinski definition) is 4. The number of aliphatic hydroxyl groups excluding tert-OH is 1. The molecule has 94 valence electrons. The summed E-state index contributed by atoms with van der Waals surface area (Å²) in [7, 11) is 3.87. The Morgan fingerprint density at radius 3 is 2.50 bits per heavy atom. The van der Waals surface area contributed by atoms with Crippen molar-refractivity contribution in [2.24, 2.45) is 0 Å². The van der Waals surface area contributed by atoms with Gasteiger partial charge in [0.2, 0.25) is 5.91 Å². The molecule has 1 amide bonds. The highest BCUT2D eigenvalue weighted by atomic mass is 16.3. The van der Waals surface area contributed by atoms with Crippen LogP contribution in [0.15, 0.2) is 0 Å². The van der Waals surface area contributed by atoms with Crippen LogP contribution < -0.4 is 5.32 Å². The van der Waals surface area contributed by atoms with Crippen LogP contribution in [0, 0.1) is 0 Å². The van der Waals surface area contributed by atoms with Gasteiger partial charge in [-0.25, -0.2) is 0 Å². The fraction of sp³-hybridized carbons (Fsp3) is 0.818. The first-order chi connectivity index (χ1) is 7.41. The highest BCUT2D eigenvalue weighted by Gasteiger charge is 2.09. The van der Waals surface area contributed by atoms with Crippen molar-refractivity contribution < 1.29 is 14.7 Å². The number of aliphatic hydroxyl groups is 1. The standard InChI is InChI=1S/C11H22N2O3/c1-9(14)8-10(15)4-5-11(16)12-6-7-13(2)3/h10,15H,4-8H2,1-3H3,(H,12,16). The van der Waals surface area contributed by atoms with Crippen molar-refractivity contribution in [3.05, 3.63) is 0 Å². The molecule has 0 saturated heterocycles. The minimum Gasteiger partial charge on any atom is -0.393 e. The molecule has 2 N–H and O–H groups in total. The van der Waals surface area contributed by atoms with Crippen LogP contribution in [0.1, 0.15) is 26.2 Å². The van der Waals surface area contributed by atoms with Crippen molar-refractivity contribution >= 4 is 11.7 Å². The molecule has 0 heterocycles. The summed E-state index contributed by atoms with van der Waals surface area (Å²) in [4.78, 5) is 23.9.